The normalized spacial score (nSPS) is 15.3. The molecule has 14 heavy (non-hydrogen) atoms. The first-order chi connectivity index (χ1) is 6.29. The molecule has 1 saturated heterocycles. The van der Waals surface area contributed by atoms with Gasteiger partial charge in [0.05, 0.1) is 0 Å². The number of aryl methyl sites for hydroxylation is 1. The van der Waals surface area contributed by atoms with Crippen molar-refractivity contribution in [2.45, 2.75) is 27.2 Å². The second-order valence-electron chi connectivity index (χ2n) is 3.32. The topological polar surface area (TPSA) is 23.5 Å². The molecule has 2 rings (SSSR count). The van der Waals surface area contributed by atoms with Crippen molar-refractivity contribution in [1.82, 2.24) is 5.06 Å². The van der Waals surface area contributed by atoms with E-state index in [4.69, 9.17) is 5.21 Å². The number of hydroxylamine groups is 2. The van der Waals surface area contributed by atoms with E-state index in [1.165, 1.54) is 10.6 Å². The van der Waals surface area contributed by atoms with Gasteiger partial charge in [0.25, 0.3) is 0 Å². The summed E-state index contributed by atoms with van der Waals surface area (Å²) in [5.74, 6) is 0. The lowest BCUT2D eigenvalue weighted by Gasteiger charge is -1.99. The van der Waals surface area contributed by atoms with Crippen LogP contribution in [0.15, 0.2) is 30.3 Å². The van der Waals surface area contributed by atoms with Crippen LogP contribution in [0.1, 0.15) is 25.8 Å². The van der Waals surface area contributed by atoms with Gasteiger partial charge in [0.2, 0.25) is 0 Å². The van der Waals surface area contributed by atoms with Crippen molar-refractivity contribution in [1.29, 1.82) is 0 Å². The van der Waals surface area contributed by atoms with Crippen molar-refractivity contribution >= 4 is 0 Å². The molecule has 2 heteroatoms. The van der Waals surface area contributed by atoms with Crippen molar-refractivity contribution in [3.8, 4) is 0 Å². The molecule has 0 amide bonds. The van der Waals surface area contributed by atoms with Crippen LogP contribution in [-0.2, 0) is 0 Å². The van der Waals surface area contributed by atoms with Gasteiger partial charge in [0, 0.05) is 13.1 Å². The van der Waals surface area contributed by atoms with Gasteiger partial charge in [0.1, 0.15) is 0 Å². The average molecular weight is 195 g/mol. The fraction of sp³-hybridized carbons (Fsp3) is 0.500. The van der Waals surface area contributed by atoms with Gasteiger partial charge >= 0.3 is 0 Å². The Balaban J connectivity index is 0.000000227. The third-order valence-corrected chi connectivity index (χ3v) is 2.02. The quantitative estimate of drug-likeness (QED) is 0.687. The van der Waals surface area contributed by atoms with Gasteiger partial charge in [0.15, 0.2) is 0 Å². The van der Waals surface area contributed by atoms with E-state index in [1.54, 1.807) is 0 Å². The van der Waals surface area contributed by atoms with Crippen LogP contribution >= 0.6 is 0 Å². The lowest BCUT2D eigenvalue weighted by molar-refractivity contribution is -0.0678. The molecule has 0 aliphatic carbocycles. The molecule has 0 saturated carbocycles. The zero-order valence-electron chi connectivity index (χ0n) is 8.11. The zero-order chi connectivity index (χ0) is 9.52. The van der Waals surface area contributed by atoms with Crippen LogP contribution in [0.3, 0.4) is 0 Å². The Morgan fingerprint density at radius 1 is 1.07 bits per heavy atom. The molecular weight excluding hydrogens is 174 g/mol. The molecule has 0 radical (unpaired) electrons. The number of hydrogen-bond donors (Lipinski definition) is 1. The van der Waals surface area contributed by atoms with Gasteiger partial charge in [-0.25, -0.2) is 0 Å². The second-order valence-corrected chi connectivity index (χ2v) is 3.32. The minimum Gasteiger partial charge on any atom is -0.314 e. The van der Waals surface area contributed by atoms with E-state index in [0.29, 0.717) is 0 Å². The van der Waals surface area contributed by atoms with Gasteiger partial charge in [-0.05, 0) is 19.8 Å². The number of hydrogen-bond acceptors (Lipinski definition) is 2. The van der Waals surface area contributed by atoms with Crippen molar-refractivity contribution in [3.05, 3.63) is 35.9 Å². The molecular formula is C12H21NO. The Morgan fingerprint density at radius 3 is 1.79 bits per heavy atom. The fourth-order valence-corrected chi connectivity index (χ4v) is 1.23. The molecule has 0 bridgehead atoms. The second kappa shape index (κ2) is 7.54. The first-order valence-electron chi connectivity index (χ1n) is 4.74. The Labute approximate surface area is 87.1 Å². The van der Waals surface area contributed by atoms with Crippen LogP contribution in [0.5, 0.6) is 0 Å². The van der Waals surface area contributed by atoms with E-state index in [2.05, 4.69) is 19.1 Å². The van der Waals surface area contributed by atoms with Crippen molar-refractivity contribution < 1.29 is 5.21 Å². The third-order valence-electron chi connectivity index (χ3n) is 2.02. The first kappa shape index (κ1) is 13.1. The van der Waals surface area contributed by atoms with Crippen LogP contribution < -0.4 is 0 Å². The number of benzene rings is 1. The maximum absolute atomic E-state index is 8.56. The molecule has 1 fully saturated rings. The molecule has 0 spiro atoms. The summed E-state index contributed by atoms with van der Waals surface area (Å²) in [6, 6.07) is 10.3. The average Bonchev–Trinajstić information content (AvgIpc) is 2.58. The summed E-state index contributed by atoms with van der Waals surface area (Å²) in [6.45, 7) is 3.83. The monoisotopic (exact) mass is 195 g/mol. The van der Waals surface area contributed by atoms with Gasteiger partial charge in [-0.3, -0.25) is 0 Å². The van der Waals surface area contributed by atoms with Crippen LogP contribution in [0, 0.1) is 6.92 Å². The van der Waals surface area contributed by atoms with Crippen molar-refractivity contribution in [2.24, 2.45) is 0 Å². The van der Waals surface area contributed by atoms with Crippen LogP contribution in [-0.4, -0.2) is 23.4 Å². The van der Waals surface area contributed by atoms with Crippen molar-refractivity contribution in [2.75, 3.05) is 13.1 Å². The molecule has 0 unspecified atom stereocenters. The Hall–Kier alpha value is -0.860. The highest BCUT2D eigenvalue weighted by atomic mass is 16.5. The minimum atomic E-state index is 0. The molecule has 1 N–H and O–H groups in total. The van der Waals surface area contributed by atoms with Crippen LogP contribution in [0.2, 0.25) is 0 Å². The van der Waals surface area contributed by atoms with E-state index in [9.17, 15) is 0 Å². The Kier molecular flexibility index (Phi) is 7.07. The molecule has 0 aromatic heterocycles. The molecule has 1 aromatic rings. The van der Waals surface area contributed by atoms with Gasteiger partial charge < -0.3 is 5.21 Å². The molecule has 1 heterocycles. The van der Waals surface area contributed by atoms with E-state index >= 15 is 0 Å². The highest BCUT2D eigenvalue weighted by Gasteiger charge is 2.05. The Morgan fingerprint density at radius 2 is 1.57 bits per heavy atom. The summed E-state index contributed by atoms with van der Waals surface area (Å²) in [6.07, 6.45) is 2.33. The van der Waals surface area contributed by atoms with E-state index in [1.807, 2.05) is 18.2 Å². The lowest BCUT2D eigenvalue weighted by Crippen LogP contribution is -2.11. The Bertz CT molecular complexity index is 217. The van der Waals surface area contributed by atoms with E-state index in [0.717, 1.165) is 25.9 Å². The summed E-state index contributed by atoms with van der Waals surface area (Å²) in [4.78, 5) is 0. The molecule has 1 aliphatic heterocycles. The zero-order valence-corrected chi connectivity index (χ0v) is 8.11. The summed E-state index contributed by atoms with van der Waals surface area (Å²) < 4.78 is 0. The predicted octanol–water partition coefficient (Wildman–Crippen LogP) is 3.10. The third kappa shape index (κ3) is 5.73. The summed E-state index contributed by atoms with van der Waals surface area (Å²) in [7, 11) is 0. The SMILES string of the molecule is C.Cc1ccccc1.ON1CCCC1. The maximum Gasteiger partial charge on any atom is 0.0238 e. The maximum atomic E-state index is 8.56. The summed E-state index contributed by atoms with van der Waals surface area (Å²) >= 11 is 0. The molecule has 2 nitrogen and oxygen atoms in total. The van der Waals surface area contributed by atoms with Crippen molar-refractivity contribution in [3.63, 3.8) is 0 Å². The minimum absolute atomic E-state index is 0. The molecule has 0 atom stereocenters. The lowest BCUT2D eigenvalue weighted by atomic mass is 10.2. The first-order valence-corrected chi connectivity index (χ1v) is 4.74. The molecule has 80 valence electrons. The molecule has 1 aromatic carbocycles. The van der Waals surface area contributed by atoms with Crippen LogP contribution in [0.25, 0.3) is 0 Å². The smallest absolute Gasteiger partial charge is 0.0238 e. The summed E-state index contributed by atoms with van der Waals surface area (Å²) in [5, 5.41) is 9.92. The number of nitrogens with zero attached hydrogens (tertiary/aromatic N) is 1. The largest absolute Gasteiger partial charge is 0.314 e. The predicted molar refractivity (Wildman–Crippen MR) is 60.5 cm³/mol. The standard InChI is InChI=1S/C7H8.C4H9NO.CH4/c1-7-5-3-2-4-6-7;6-5-3-1-2-4-5;/h2-6H,1H3;6H,1-4H2;1H4. The highest BCUT2D eigenvalue weighted by molar-refractivity contribution is 5.11. The van der Waals surface area contributed by atoms with E-state index < -0.39 is 0 Å². The summed E-state index contributed by atoms with van der Waals surface area (Å²) in [5.41, 5.74) is 1.32. The van der Waals surface area contributed by atoms with Crippen LogP contribution in [0.4, 0.5) is 0 Å². The number of rotatable bonds is 0. The molecule has 1 aliphatic rings. The van der Waals surface area contributed by atoms with Gasteiger partial charge in [-0.1, -0.05) is 43.3 Å². The van der Waals surface area contributed by atoms with Gasteiger partial charge in [-0.15, -0.1) is 0 Å². The van der Waals surface area contributed by atoms with Gasteiger partial charge in [-0.2, -0.15) is 5.06 Å². The highest BCUT2D eigenvalue weighted by Crippen LogP contribution is 2.01. The fourth-order valence-electron chi connectivity index (χ4n) is 1.23. The van der Waals surface area contributed by atoms with E-state index in [-0.39, 0.29) is 7.43 Å².